The van der Waals surface area contributed by atoms with Crippen molar-refractivity contribution in [3.05, 3.63) is 0 Å². The van der Waals surface area contributed by atoms with Crippen LogP contribution in [0, 0.1) is 5.92 Å². The zero-order chi connectivity index (χ0) is 10.4. The summed E-state index contributed by atoms with van der Waals surface area (Å²) in [5.41, 5.74) is 0. The van der Waals surface area contributed by atoms with Crippen LogP contribution in [-0.2, 0) is 16.4 Å². The highest BCUT2D eigenvalue weighted by Crippen LogP contribution is 2.68. The van der Waals surface area contributed by atoms with E-state index in [0.29, 0.717) is 5.92 Å². The summed E-state index contributed by atoms with van der Waals surface area (Å²) in [6.07, 6.45) is 2.21. The number of hydrogen-bond donors (Lipinski definition) is 3. The van der Waals surface area contributed by atoms with Crippen LogP contribution < -0.4 is 4.86 Å². The second-order valence-corrected chi connectivity index (χ2v) is 9.56. The van der Waals surface area contributed by atoms with Gasteiger partial charge in [0.2, 0.25) is 0 Å². The van der Waals surface area contributed by atoms with Gasteiger partial charge in [0.15, 0.2) is 0 Å². The van der Waals surface area contributed by atoms with Crippen molar-refractivity contribution in [3.8, 4) is 0 Å². The Morgan fingerprint density at radius 3 is 2.43 bits per heavy atom. The Balaban J connectivity index is 2.20. The van der Waals surface area contributed by atoms with Crippen LogP contribution in [0.15, 0.2) is 0 Å². The Bertz CT molecular complexity index is 314. The Kier molecular flexibility index (Phi) is 2.94. The quantitative estimate of drug-likeness (QED) is 0.668. The number of hydrogen-bond acceptors (Lipinski definition) is 2. The minimum Gasteiger partial charge on any atom is -0.353 e. The molecule has 0 aliphatic heterocycles. The zero-order valence-electron chi connectivity index (χ0n) is 7.77. The smallest absolute Gasteiger partial charge is 0.261 e. The SMILES string of the molecule is O=[PH](O)NP(O)(=S)C12CCC(CC1)C2. The molecule has 2 aliphatic carbocycles. The van der Waals surface area contributed by atoms with E-state index in [4.69, 9.17) is 16.7 Å². The molecule has 2 bridgehead atoms. The molecule has 4 nitrogen and oxygen atoms in total. The maximum atomic E-state index is 10.7. The first-order chi connectivity index (χ1) is 6.45. The van der Waals surface area contributed by atoms with Gasteiger partial charge in [-0.2, -0.15) is 4.86 Å². The van der Waals surface area contributed by atoms with E-state index in [2.05, 4.69) is 4.86 Å². The monoisotopic (exact) mass is 255 g/mol. The molecular weight excluding hydrogens is 240 g/mol. The molecule has 2 saturated carbocycles. The van der Waals surface area contributed by atoms with Crippen LogP contribution >= 0.6 is 14.6 Å². The fourth-order valence-corrected chi connectivity index (χ4v) is 7.67. The predicted molar refractivity (Wildman–Crippen MR) is 60.2 cm³/mol. The molecule has 0 aromatic heterocycles. The highest BCUT2D eigenvalue weighted by molar-refractivity contribution is 8.13. The molecule has 2 rings (SSSR count). The first kappa shape index (κ1) is 11.3. The lowest BCUT2D eigenvalue weighted by molar-refractivity contribution is 0.464. The van der Waals surface area contributed by atoms with Gasteiger partial charge in [-0.3, -0.25) is 4.57 Å². The molecular formula is C7H15NO3P2S. The topological polar surface area (TPSA) is 69.6 Å². The Morgan fingerprint density at radius 1 is 1.50 bits per heavy atom. The summed E-state index contributed by atoms with van der Waals surface area (Å²) in [7, 11) is -2.86. The van der Waals surface area contributed by atoms with E-state index in [-0.39, 0.29) is 5.16 Å². The van der Waals surface area contributed by atoms with Crippen molar-refractivity contribution in [2.75, 3.05) is 0 Å². The van der Waals surface area contributed by atoms with E-state index < -0.39 is 14.6 Å². The summed E-state index contributed by atoms with van der Waals surface area (Å²) < 4.78 is 10.7. The lowest BCUT2D eigenvalue weighted by Gasteiger charge is -2.34. The summed E-state index contributed by atoms with van der Waals surface area (Å²) in [5.74, 6) is 0.687. The van der Waals surface area contributed by atoms with E-state index in [1.54, 1.807) is 0 Å². The van der Waals surface area contributed by atoms with E-state index in [1.165, 1.54) is 0 Å². The van der Waals surface area contributed by atoms with Gasteiger partial charge in [0.05, 0.1) is 0 Å². The van der Waals surface area contributed by atoms with Crippen LogP contribution in [0.5, 0.6) is 0 Å². The molecule has 7 heteroatoms. The number of rotatable bonds is 3. The van der Waals surface area contributed by atoms with E-state index in [1.807, 2.05) is 0 Å². The molecule has 3 N–H and O–H groups in total. The summed E-state index contributed by atoms with van der Waals surface area (Å²) in [5, 5.41) is -0.226. The van der Waals surface area contributed by atoms with Crippen molar-refractivity contribution in [2.24, 2.45) is 5.92 Å². The third kappa shape index (κ3) is 1.75. The molecule has 82 valence electrons. The molecule has 2 unspecified atom stereocenters. The Hall–Kier alpha value is 0.760. The van der Waals surface area contributed by atoms with Gasteiger partial charge in [-0.15, -0.1) is 0 Å². The summed E-state index contributed by atoms with van der Waals surface area (Å²) in [4.78, 5) is 21.3. The largest absolute Gasteiger partial charge is 0.353 e. The maximum Gasteiger partial charge on any atom is 0.261 e. The van der Waals surface area contributed by atoms with Gasteiger partial charge in [0.1, 0.15) is 6.42 Å². The van der Waals surface area contributed by atoms with Crippen LogP contribution in [0.1, 0.15) is 32.1 Å². The first-order valence-corrected chi connectivity index (χ1v) is 8.90. The van der Waals surface area contributed by atoms with Crippen molar-refractivity contribution in [1.82, 2.24) is 4.86 Å². The van der Waals surface area contributed by atoms with Crippen molar-refractivity contribution >= 4 is 26.4 Å². The summed E-state index contributed by atoms with van der Waals surface area (Å²) in [6, 6.07) is 0. The summed E-state index contributed by atoms with van der Waals surface area (Å²) in [6.45, 7) is 0. The molecule has 0 saturated heterocycles. The molecule has 0 spiro atoms. The fraction of sp³-hybridized carbons (Fsp3) is 1.00. The molecule has 0 heterocycles. The third-order valence-electron chi connectivity index (χ3n) is 3.59. The standard InChI is InChI=1S/C7H15NO3P2S/c9-12(10)8-13(11,14)7-3-1-6(5-7)2-4-7/h6,12H,1-5H2,(H3,8,9,10,11,14). The molecule has 14 heavy (non-hydrogen) atoms. The van der Waals surface area contributed by atoms with Gasteiger partial charge in [0, 0.05) is 5.16 Å². The minimum absolute atomic E-state index is 0.226. The second kappa shape index (κ2) is 3.65. The third-order valence-corrected chi connectivity index (χ3v) is 9.47. The molecule has 0 radical (unpaired) electrons. The minimum atomic E-state index is -2.86. The van der Waals surface area contributed by atoms with Crippen LogP contribution in [0.2, 0.25) is 0 Å². The van der Waals surface area contributed by atoms with Crippen LogP contribution in [-0.4, -0.2) is 14.9 Å². The Labute approximate surface area is 89.2 Å². The van der Waals surface area contributed by atoms with Crippen LogP contribution in [0.25, 0.3) is 0 Å². The zero-order valence-corrected chi connectivity index (χ0v) is 10.5. The lowest BCUT2D eigenvalue weighted by Crippen LogP contribution is -2.27. The van der Waals surface area contributed by atoms with Crippen LogP contribution in [0.4, 0.5) is 0 Å². The first-order valence-electron chi connectivity index (χ1n) is 4.79. The molecule has 2 aliphatic rings. The summed E-state index contributed by atoms with van der Waals surface area (Å²) >= 11 is 5.14. The predicted octanol–water partition coefficient (Wildman–Crippen LogP) is 1.59. The normalized spacial score (nSPS) is 42.3. The highest BCUT2D eigenvalue weighted by atomic mass is 32.4. The van der Waals surface area contributed by atoms with Crippen molar-refractivity contribution in [3.63, 3.8) is 0 Å². The van der Waals surface area contributed by atoms with Gasteiger partial charge >= 0.3 is 0 Å². The highest BCUT2D eigenvalue weighted by Gasteiger charge is 2.53. The van der Waals surface area contributed by atoms with Crippen molar-refractivity contribution < 1.29 is 14.4 Å². The van der Waals surface area contributed by atoms with E-state index in [0.717, 1.165) is 32.1 Å². The Morgan fingerprint density at radius 2 is 2.07 bits per heavy atom. The average molecular weight is 255 g/mol. The average Bonchev–Trinajstić information content (AvgIpc) is 2.60. The molecule has 0 amide bonds. The second-order valence-electron chi connectivity index (χ2n) is 4.36. The molecule has 0 aromatic carbocycles. The van der Waals surface area contributed by atoms with Crippen LogP contribution in [0.3, 0.4) is 0 Å². The number of nitrogens with one attached hydrogen (secondary N) is 1. The van der Waals surface area contributed by atoms with Gasteiger partial charge in [-0.05, 0) is 49.8 Å². The molecule has 2 atom stereocenters. The van der Waals surface area contributed by atoms with Gasteiger partial charge in [-0.25, -0.2) is 0 Å². The van der Waals surface area contributed by atoms with Gasteiger partial charge < -0.3 is 9.79 Å². The fourth-order valence-electron chi connectivity index (χ4n) is 2.84. The lowest BCUT2D eigenvalue weighted by atomic mass is 10.0. The van der Waals surface area contributed by atoms with E-state index >= 15 is 0 Å². The van der Waals surface area contributed by atoms with Gasteiger partial charge in [0.25, 0.3) is 8.18 Å². The van der Waals surface area contributed by atoms with E-state index in [9.17, 15) is 9.46 Å². The van der Waals surface area contributed by atoms with Crippen molar-refractivity contribution in [2.45, 2.75) is 37.3 Å². The van der Waals surface area contributed by atoms with Crippen molar-refractivity contribution in [1.29, 1.82) is 0 Å². The van der Waals surface area contributed by atoms with Gasteiger partial charge in [-0.1, -0.05) is 0 Å². The molecule has 2 fully saturated rings. The maximum absolute atomic E-state index is 10.7. The number of fused-ring (bicyclic) bond motifs is 2. The molecule has 0 aromatic rings.